The number of tetrazole rings is 1. The van der Waals surface area contributed by atoms with E-state index >= 15 is 0 Å². The Morgan fingerprint density at radius 2 is 1.79 bits per heavy atom. The number of rotatable bonds is 7. The van der Waals surface area contributed by atoms with Crippen LogP contribution in [0.5, 0.6) is 0 Å². The number of hydrogen-bond acceptors (Lipinski definition) is 8. The second kappa shape index (κ2) is 11.2. The van der Waals surface area contributed by atoms with Crippen molar-refractivity contribution >= 4 is 11.9 Å². The van der Waals surface area contributed by atoms with Gasteiger partial charge in [0.05, 0.1) is 31.8 Å². The predicted molar refractivity (Wildman–Crippen MR) is 187 cm³/mol. The molecule has 0 spiro atoms. The number of ether oxygens (including phenoxy) is 2. The number of carboxylic acids is 1. The molecule has 10 heteroatoms. The number of nitrogens with zero attached hydrogens (tertiary/aromatic N) is 4. The zero-order valence-electron chi connectivity index (χ0n) is 31.6. The zero-order chi connectivity index (χ0) is 35.5. The van der Waals surface area contributed by atoms with Crippen LogP contribution in [-0.4, -0.2) is 62.7 Å². The molecule has 1 aromatic rings. The van der Waals surface area contributed by atoms with Crippen molar-refractivity contribution in [2.75, 3.05) is 25.6 Å². The largest absolute Gasteiger partial charge is 0.481 e. The highest BCUT2D eigenvalue weighted by molar-refractivity contribution is 5.73. The van der Waals surface area contributed by atoms with E-state index < -0.39 is 28.3 Å². The van der Waals surface area contributed by atoms with Gasteiger partial charge < -0.3 is 26.0 Å². The first kappa shape index (κ1) is 35.8. The summed E-state index contributed by atoms with van der Waals surface area (Å²) >= 11 is 0. The molecule has 6 rings (SSSR count). The molecule has 4 aliphatic carbocycles. The molecule has 270 valence electrons. The Balaban J connectivity index is 1.52. The number of nitrogen functional groups attached to an aromatic ring is 1. The van der Waals surface area contributed by atoms with E-state index in [1.54, 1.807) is 4.80 Å². The van der Waals surface area contributed by atoms with Crippen LogP contribution in [-0.2, 0) is 14.3 Å². The smallest absolute Gasteiger partial charge is 0.307 e. The second-order valence-electron chi connectivity index (χ2n) is 19.5. The highest BCUT2D eigenvalue weighted by Gasteiger charge is 2.73. The minimum Gasteiger partial charge on any atom is -0.481 e. The van der Waals surface area contributed by atoms with Crippen LogP contribution >= 0.6 is 0 Å². The molecule has 4 fully saturated rings. The quantitative estimate of drug-likeness (QED) is 0.275. The fourth-order valence-electron chi connectivity index (χ4n) is 11.9. The molecule has 0 aromatic carbocycles. The first-order valence-corrected chi connectivity index (χ1v) is 18.6. The fraction of sp³-hybridized carbons (Fsp3) is 0.895. The summed E-state index contributed by atoms with van der Waals surface area (Å²) in [6, 6.07) is -0.204. The van der Waals surface area contributed by atoms with Gasteiger partial charge in [0.25, 0.3) is 5.95 Å². The fourth-order valence-corrected chi connectivity index (χ4v) is 11.9. The van der Waals surface area contributed by atoms with Gasteiger partial charge in [-0.05, 0) is 101 Å². The maximum Gasteiger partial charge on any atom is 0.307 e. The Hall–Kier alpha value is -2.04. The summed E-state index contributed by atoms with van der Waals surface area (Å²) in [5, 5.41) is 24.2. The Morgan fingerprint density at radius 1 is 1.10 bits per heavy atom. The van der Waals surface area contributed by atoms with Crippen LogP contribution in [0.2, 0.25) is 0 Å². The first-order valence-electron chi connectivity index (χ1n) is 18.6. The lowest BCUT2D eigenvalue weighted by Gasteiger charge is -2.71. The molecule has 0 unspecified atom stereocenters. The monoisotopic (exact) mass is 668 g/mol. The molecule has 2 heterocycles. The summed E-state index contributed by atoms with van der Waals surface area (Å²) in [6.45, 7) is 26.3. The Morgan fingerprint density at radius 3 is 2.38 bits per heavy atom. The van der Waals surface area contributed by atoms with Crippen molar-refractivity contribution in [1.29, 1.82) is 0 Å². The first-order chi connectivity index (χ1) is 22.1. The number of hydrogen-bond donors (Lipinski definition) is 3. The molecule has 3 saturated carbocycles. The lowest BCUT2D eigenvalue weighted by atomic mass is 9.34. The van der Waals surface area contributed by atoms with Gasteiger partial charge in [-0.2, -0.15) is 4.80 Å². The highest BCUT2D eigenvalue weighted by atomic mass is 16.5. The molecule has 5 N–H and O–H groups in total. The summed E-state index contributed by atoms with van der Waals surface area (Å²) in [4.78, 5) is 15.2. The van der Waals surface area contributed by atoms with E-state index in [0.29, 0.717) is 37.6 Å². The molecule has 1 aliphatic heterocycles. The van der Waals surface area contributed by atoms with Crippen LogP contribution in [0, 0.1) is 62.1 Å². The van der Waals surface area contributed by atoms with Gasteiger partial charge in [-0.3, -0.25) is 4.79 Å². The lowest BCUT2D eigenvalue weighted by Crippen LogP contribution is -2.70. The van der Waals surface area contributed by atoms with Gasteiger partial charge in [0.2, 0.25) is 0 Å². The van der Waals surface area contributed by atoms with Gasteiger partial charge in [-0.1, -0.05) is 86.0 Å². The van der Waals surface area contributed by atoms with E-state index in [1.165, 1.54) is 5.57 Å². The standard InChI is InChI=1S/C38H64N6O4/c1-22(2)23(3)34(8)16-17-35(9)24-12-13-27-33(7)18-26(44-42-31(39)41-43-44)29(48-20-37(11,40)32(4,5)6)38(27,21-47-19-33)25(24)14-15-36(35,10)28(34)30(45)46/h14,22-24,26-29H,12-13,15-21,40H2,1-11H3,(H2,39,42)(H,45,46)/t23-,24+,26-,27-,28-,29+,33-,34-,35-,36+,37-,38+/m1/s1. The number of carbonyl (C=O) groups is 1. The van der Waals surface area contributed by atoms with E-state index in [1.807, 2.05) is 0 Å². The van der Waals surface area contributed by atoms with E-state index in [4.69, 9.17) is 20.9 Å². The highest BCUT2D eigenvalue weighted by Crippen LogP contribution is 2.75. The Labute approximate surface area is 288 Å². The summed E-state index contributed by atoms with van der Waals surface area (Å²) in [6.07, 6.45) is 7.66. The number of nitrogens with two attached hydrogens (primary N) is 2. The number of fused-ring (bicyclic) bond motifs is 3. The van der Waals surface area contributed by atoms with Crippen LogP contribution in [0.3, 0.4) is 0 Å². The third kappa shape index (κ3) is 4.80. The number of carboxylic acid groups (broad SMARTS) is 1. The van der Waals surface area contributed by atoms with Gasteiger partial charge in [-0.15, -0.1) is 5.10 Å². The van der Waals surface area contributed by atoms with Crippen molar-refractivity contribution in [2.24, 2.45) is 67.8 Å². The molecular formula is C38H64N6O4. The van der Waals surface area contributed by atoms with Crippen molar-refractivity contribution < 1.29 is 19.4 Å². The van der Waals surface area contributed by atoms with Crippen LogP contribution in [0.15, 0.2) is 11.6 Å². The Kier molecular flexibility index (Phi) is 8.37. The molecule has 1 saturated heterocycles. The zero-order valence-corrected chi connectivity index (χ0v) is 31.6. The van der Waals surface area contributed by atoms with E-state index in [9.17, 15) is 9.90 Å². The predicted octanol–water partition coefficient (Wildman–Crippen LogP) is 6.53. The Bertz CT molecular complexity index is 1450. The number of aliphatic carboxylic acids is 1. The van der Waals surface area contributed by atoms with Gasteiger partial charge in [0.1, 0.15) is 6.04 Å². The van der Waals surface area contributed by atoms with Crippen molar-refractivity contribution in [3.63, 3.8) is 0 Å². The van der Waals surface area contributed by atoms with Crippen molar-refractivity contribution in [3.05, 3.63) is 11.6 Å². The molecule has 10 nitrogen and oxygen atoms in total. The third-order valence-corrected chi connectivity index (χ3v) is 16.0. The molecule has 1 aromatic heterocycles. The van der Waals surface area contributed by atoms with Gasteiger partial charge >= 0.3 is 5.97 Å². The minimum atomic E-state index is -0.645. The summed E-state index contributed by atoms with van der Waals surface area (Å²) in [5.74, 6) is 0.309. The van der Waals surface area contributed by atoms with Crippen LogP contribution < -0.4 is 11.5 Å². The molecule has 2 bridgehead atoms. The van der Waals surface area contributed by atoms with E-state index in [-0.39, 0.29) is 45.7 Å². The van der Waals surface area contributed by atoms with Gasteiger partial charge in [-0.25, -0.2) is 0 Å². The summed E-state index contributed by atoms with van der Waals surface area (Å²) in [5.41, 5.74) is 12.2. The molecule has 12 atom stereocenters. The van der Waals surface area contributed by atoms with Crippen LogP contribution in [0.4, 0.5) is 5.95 Å². The van der Waals surface area contributed by atoms with Crippen LogP contribution in [0.25, 0.3) is 0 Å². The molecular weight excluding hydrogens is 604 g/mol. The minimum absolute atomic E-state index is 0.129. The number of allylic oxidation sites excluding steroid dienone is 1. The number of aromatic nitrogens is 4. The van der Waals surface area contributed by atoms with Crippen molar-refractivity contribution in [1.82, 2.24) is 20.2 Å². The lowest BCUT2D eigenvalue weighted by molar-refractivity contribution is -0.256. The van der Waals surface area contributed by atoms with E-state index in [2.05, 4.69) is 97.6 Å². The molecule has 5 aliphatic rings. The van der Waals surface area contributed by atoms with Gasteiger partial charge in [0, 0.05) is 11.0 Å². The van der Waals surface area contributed by atoms with Gasteiger partial charge in [0.15, 0.2) is 0 Å². The van der Waals surface area contributed by atoms with Crippen molar-refractivity contribution in [3.8, 4) is 0 Å². The van der Waals surface area contributed by atoms with Crippen molar-refractivity contribution in [2.45, 2.75) is 132 Å². The number of anilines is 1. The SMILES string of the molecule is CC(C)[C@@H](C)[C@@]1(C)CC[C@]2(C)[C@H]3CC[C@@H]4[C@@]5(C)COC[C@@]4(C3=CC[C@@]2(C)[C@@H]1C(=O)O)[C@@H](OC[C@@](C)(N)C(C)(C)C)[C@H](n1nnc(N)n1)C5. The van der Waals surface area contributed by atoms with Crippen LogP contribution in [0.1, 0.15) is 121 Å². The molecule has 48 heavy (non-hydrogen) atoms. The topological polar surface area (TPSA) is 151 Å². The molecule has 0 amide bonds. The maximum atomic E-state index is 13.5. The normalized spacial score (nSPS) is 44.5. The average molecular weight is 669 g/mol. The van der Waals surface area contributed by atoms with E-state index in [0.717, 1.165) is 38.5 Å². The maximum absolute atomic E-state index is 13.5. The summed E-state index contributed by atoms with van der Waals surface area (Å²) in [7, 11) is 0. The third-order valence-electron chi connectivity index (χ3n) is 16.0. The second-order valence-corrected chi connectivity index (χ2v) is 19.5. The summed E-state index contributed by atoms with van der Waals surface area (Å²) < 4.78 is 13.9. The average Bonchev–Trinajstić information content (AvgIpc) is 3.41. The molecule has 0 radical (unpaired) electrons.